The molecule has 0 saturated carbocycles. The molecule has 0 spiro atoms. The predicted molar refractivity (Wildman–Crippen MR) is 74.2 cm³/mol. The maximum atomic E-state index is 10.6. The lowest BCUT2D eigenvalue weighted by Gasteiger charge is -2.12. The van der Waals surface area contributed by atoms with Crippen LogP contribution in [0.5, 0.6) is 0 Å². The van der Waals surface area contributed by atoms with Crippen LogP contribution in [0, 0.1) is 17.0 Å². The first-order valence-corrected chi connectivity index (χ1v) is 6.45. The van der Waals surface area contributed by atoms with Gasteiger partial charge in [-0.2, -0.15) is 0 Å². The standard InChI is InChI=1S/C11H13N5O2S/c1-6-5-19-11(13-6)7(2)14-9-4-3-8(16(17)18)10(12)15-9/h3-5,7H,1-2H3,(H3,12,14,15). The third kappa shape index (κ3) is 2.97. The van der Waals surface area contributed by atoms with Gasteiger partial charge in [-0.15, -0.1) is 11.3 Å². The lowest BCUT2D eigenvalue weighted by Crippen LogP contribution is -2.09. The minimum atomic E-state index is -0.556. The average Bonchev–Trinajstić information content (AvgIpc) is 2.75. The summed E-state index contributed by atoms with van der Waals surface area (Å²) in [7, 11) is 0. The van der Waals surface area contributed by atoms with Crippen LogP contribution < -0.4 is 11.1 Å². The van der Waals surface area contributed by atoms with Gasteiger partial charge >= 0.3 is 5.69 Å². The molecule has 7 nitrogen and oxygen atoms in total. The molecule has 2 aromatic rings. The van der Waals surface area contributed by atoms with Crippen molar-refractivity contribution in [1.29, 1.82) is 0 Å². The zero-order valence-electron chi connectivity index (χ0n) is 10.5. The molecular formula is C11H13N5O2S. The molecule has 0 aliphatic rings. The second kappa shape index (κ2) is 5.19. The van der Waals surface area contributed by atoms with Crippen molar-refractivity contribution >= 4 is 28.7 Å². The van der Waals surface area contributed by atoms with Gasteiger partial charge in [0.05, 0.1) is 11.0 Å². The highest BCUT2D eigenvalue weighted by molar-refractivity contribution is 7.09. The molecule has 2 heterocycles. The molecule has 2 rings (SSSR count). The van der Waals surface area contributed by atoms with E-state index in [9.17, 15) is 10.1 Å². The number of aryl methyl sites for hydroxylation is 1. The lowest BCUT2D eigenvalue weighted by atomic mass is 10.3. The normalized spacial score (nSPS) is 12.1. The van der Waals surface area contributed by atoms with E-state index in [1.807, 2.05) is 19.2 Å². The van der Waals surface area contributed by atoms with Crippen LogP contribution in [0.25, 0.3) is 0 Å². The molecule has 0 aliphatic heterocycles. The Balaban J connectivity index is 2.15. The van der Waals surface area contributed by atoms with E-state index in [4.69, 9.17) is 5.73 Å². The van der Waals surface area contributed by atoms with E-state index >= 15 is 0 Å². The molecule has 0 aliphatic carbocycles. The van der Waals surface area contributed by atoms with E-state index in [0.717, 1.165) is 10.7 Å². The Morgan fingerprint density at radius 1 is 1.47 bits per heavy atom. The number of pyridine rings is 1. The molecule has 0 saturated heterocycles. The predicted octanol–water partition coefficient (Wildman–Crippen LogP) is 2.51. The molecule has 0 bridgehead atoms. The number of nitrogens with zero attached hydrogens (tertiary/aromatic N) is 3. The first-order valence-electron chi connectivity index (χ1n) is 5.57. The molecule has 3 N–H and O–H groups in total. The summed E-state index contributed by atoms with van der Waals surface area (Å²) in [6.07, 6.45) is 0. The molecule has 0 fully saturated rings. The third-order valence-electron chi connectivity index (χ3n) is 2.47. The van der Waals surface area contributed by atoms with Gasteiger partial charge in [0, 0.05) is 17.1 Å². The molecule has 8 heteroatoms. The summed E-state index contributed by atoms with van der Waals surface area (Å²) in [4.78, 5) is 18.4. The number of hydrogen-bond donors (Lipinski definition) is 2. The summed E-state index contributed by atoms with van der Waals surface area (Å²) in [6, 6.07) is 2.84. The first-order chi connectivity index (χ1) is 8.97. The van der Waals surface area contributed by atoms with Gasteiger partial charge in [0.25, 0.3) is 0 Å². The van der Waals surface area contributed by atoms with Crippen molar-refractivity contribution in [2.75, 3.05) is 11.1 Å². The Hall–Kier alpha value is -2.22. The van der Waals surface area contributed by atoms with Crippen LogP contribution in [-0.4, -0.2) is 14.9 Å². The minimum Gasteiger partial charge on any atom is -0.378 e. The monoisotopic (exact) mass is 279 g/mol. The third-order valence-corrected chi connectivity index (χ3v) is 3.62. The molecule has 0 amide bonds. The minimum absolute atomic E-state index is 0.0351. The number of aromatic nitrogens is 2. The zero-order valence-corrected chi connectivity index (χ0v) is 11.3. The van der Waals surface area contributed by atoms with Crippen molar-refractivity contribution in [1.82, 2.24) is 9.97 Å². The maximum absolute atomic E-state index is 10.6. The second-order valence-corrected chi connectivity index (χ2v) is 4.94. The molecule has 0 radical (unpaired) electrons. The Labute approximate surface area is 113 Å². The summed E-state index contributed by atoms with van der Waals surface area (Å²) in [6.45, 7) is 3.87. The summed E-state index contributed by atoms with van der Waals surface area (Å²) in [5.41, 5.74) is 6.31. The maximum Gasteiger partial charge on any atom is 0.311 e. The summed E-state index contributed by atoms with van der Waals surface area (Å²) in [5.74, 6) is 0.390. The van der Waals surface area contributed by atoms with Crippen molar-refractivity contribution in [2.24, 2.45) is 0 Å². The highest BCUT2D eigenvalue weighted by atomic mass is 32.1. The highest BCUT2D eigenvalue weighted by Gasteiger charge is 2.15. The number of anilines is 2. The number of rotatable bonds is 4. The molecule has 0 aromatic carbocycles. The summed E-state index contributed by atoms with van der Waals surface area (Å²) >= 11 is 1.55. The van der Waals surface area contributed by atoms with Crippen molar-refractivity contribution in [3.05, 3.63) is 38.3 Å². The van der Waals surface area contributed by atoms with Crippen LogP contribution >= 0.6 is 11.3 Å². The fourth-order valence-corrected chi connectivity index (χ4v) is 2.36. The fourth-order valence-electron chi connectivity index (χ4n) is 1.56. The van der Waals surface area contributed by atoms with Gasteiger partial charge in [0.1, 0.15) is 10.8 Å². The molecule has 1 unspecified atom stereocenters. The average molecular weight is 279 g/mol. The summed E-state index contributed by atoms with van der Waals surface area (Å²) in [5, 5.41) is 16.6. The van der Waals surface area contributed by atoms with Gasteiger partial charge in [-0.25, -0.2) is 9.97 Å². The Morgan fingerprint density at radius 3 is 2.74 bits per heavy atom. The van der Waals surface area contributed by atoms with Crippen LogP contribution in [0.3, 0.4) is 0 Å². The zero-order chi connectivity index (χ0) is 14.0. The van der Waals surface area contributed by atoms with Crippen LogP contribution in [0.15, 0.2) is 17.5 Å². The SMILES string of the molecule is Cc1csc(C(C)Nc2ccc([N+](=O)[O-])c(N)n2)n1. The molecular weight excluding hydrogens is 266 g/mol. The van der Waals surface area contributed by atoms with Gasteiger partial charge < -0.3 is 11.1 Å². The Kier molecular flexibility index (Phi) is 3.61. The van der Waals surface area contributed by atoms with Crippen LogP contribution in [0.4, 0.5) is 17.3 Å². The van der Waals surface area contributed by atoms with Crippen molar-refractivity contribution in [2.45, 2.75) is 19.9 Å². The Morgan fingerprint density at radius 2 is 2.21 bits per heavy atom. The van der Waals surface area contributed by atoms with E-state index in [1.165, 1.54) is 12.1 Å². The van der Waals surface area contributed by atoms with Crippen molar-refractivity contribution in [3.63, 3.8) is 0 Å². The van der Waals surface area contributed by atoms with E-state index in [0.29, 0.717) is 5.82 Å². The van der Waals surface area contributed by atoms with Gasteiger partial charge in [-0.3, -0.25) is 10.1 Å². The van der Waals surface area contributed by atoms with Gasteiger partial charge in [0.15, 0.2) is 0 Å². The molecule has 100 valence electrons. The van der Waals surface area contributed by atoms with E-state index in [1.54, 1.807) is 11.3 Å². The number of nitro groups is 1. The number of thiazole rings is 1. The Bertz CT molecular complexity index is 613. The number of hydrogen-bond acceptors (Lipinski definition) is 7. The van der Waals surface area contributed by atoms with Crippen molar-refractivity contribution in [3.8, 4) is 0 Å². The van der Waals surface area contributed by atoms with Crippen LogP contribution in [0.1, 0.15) is 23.7 Å². The van der Waals surface area contributed by atoms with Gasteiger partial charge in [0.2, 0.25) is 5.82 Å². The van der Waals surface area contributed by atoms with Crippen LogP contribution in [-0.2, 0) is 0 Å². The van der Waals surface area contributed by atoms with Crippen molar-refractivity contribution < 1.29 is 4.92 Å². The highest BCUT2D eigenvalue weighted by Crippen LogP contribution is 2.25. The van der Waals surface area contributed by atoms with Crippen LogP contribution in [0.2, 0.25) is 0 Å². The molecule has 2 aromatic heterocycles. The lowest BCUT2D eigenvalue weighted by molar-refractivity contribution is -0.384. The topological polar surface area (TPSA) is 107 Å². The smallest absolute Gasteiger partial charge is 0.311 e. The first kappa shape index (κ1) is 13.2. The fraction of sp³-hybridized carbons (Fsp3) is 0.273. The van der Waals surface area contributed by atoms with Gasteiger partial charge in [-0.05, 0) is 19.9 Å². The van der Waals surface area contributed by atoms with E-state index in [-0.39, 0.29) is 17.5 Å². The largest absolute Gasteiger partial charge is 0.378 e. The van der Waals surface area contributed by atoms with Gasteiger partial charge in [-0.1, -0.05) is 0 Å². The second-order valence-electron chi connectivity index (χ2n) is 4.05. The van der Waals surface area contributed by atoms with E-state index in [2.05, 4.69) is 15.3 Å². The number of nitrogens with one attached hydrogen (secondary N) is 1. The number of nitrogens with two attached hydrogens (primary N) is 1. The molecule has 19 heavy (non-hydrogen) atoms. The summed E-state index contributed by atoms with van der Waals surface area (Å²) < 4.78 is 0. The van der Waals surface area contributed by atoms with E-state index < -0.39 is 4.92 Å². The number of nitrogen functional groups attached to an aromatic ring is 1. The molecule has 1 atom stereocenters. The quantitative estimate of drug-likeness (QED) is 0.657.